The lowest BCUT2D eigenvalue weighted by molar-refractivity contribution is -0.123. The standard InChI is InChI=1S/C15H16N4O4/c1-10(9-17)18-14(21)13(19-15(22)23-7-6-16)8-11-2-4-12(20)5-3-11/h2-5,10,13,20H,7-8H2,1H3,(H,18,21)(H,19,22). The third-order valence-corrected chi connectivity index (χ3v) is 2.80. The number of alkyl carbamates (subject to hydrolysis) is 1. The minimum absolute atomic E-state index is 0.0780. The normalized spacial score (nSPS) is 12.1. The highest BCUT2D eigenvalue weighted by molar-refractivity contribution is 5.86. The van der Waals surface area contributed by atoms with Crippen molar-refractivity contribution in [2.45, 2.75) is 25.4 Å². The summed E-state index contributed by atoms with van der Waals surface area (Å²) in [7, 11) is 0. The van der Waals surface area contributed by atoms with Gasteiger partial charge in [0.25, 0.3) is 0 Å². The zero-order valence-electron chi connectivity index (χ0n) is 12.4. The van der Waals surface area contributed by atoms with Crippen LogP contribution in [-0.2, 0) is 16.0 Å². The summed E-state index contributed by atoms with van der Waals surface area (Å²) in [5, 5.41) is 31.2. The first-order valence-corrected chi connectivity index (χ1v) is 6.74. The van der Waals surface area contributed by atoms with Gasteiger partial charge < -0.3 is 20.5 Å². The molecule has 0 aliphatic heterocycles. The zero-order valence-corrected chi connectivity index (χ0v) is 12.4. The number of carbonyl (C=O) groups excluding carboxylic acids is 2. The first-order chi connectivity index (χ1) is 11.0. The number of phenols is 1. The van der Waals surface area contributed by atoms with E-state index in [4.69, 9.17) is 10.5 Å². The quantitative estimate of drug-likeness (QED) is 0.702. The van der Waals surface area contributed by atoms with Crippen molar-refractivity contribution in [1.82, 2.24) is 10.6 Å². The Bertz CT molecular complexity index is 630. The molecule has 8 heteroatoms. The Kier molecular flexibility index (Phi) is 6.89. The van der Waals surface area contributed by atoms with Crippen LogP contribution in [0.5, 0.6) is 5.75 Å². The molecular formula is C15H16N4O4. The number of rotatable bonds is 6. The molecule has 0 aliphatic rings. The molecule has 1 aromatic carbocycles. The minimum atomic E-state index is -0.985. The van der Waals surface area contributed by atoms with E-state index >= 15 is 0 Å². The van der Waals surface area contributed by atoms with E-state index in [0.717, 1.165) is 0 Å². The molecule has 23 heavy (non-hydrogen) atoms. The van der Waals surface area contributed by atoms with E-state index in [-0.39, 0.29) is 12.2 Å². The topological polar surface area (TPSA) is 135 Å². The highest BCUT2D eigenvalue weighted by Gasteiger charge is 2.23. The van der Waals surface area contributed by atoms with Crippen molar-refractivity contribution in [2.24, 2.45) is 0 Å². The predicted molar refractivity (Wildman–Crippen MR) is 78.9 cm³/mol. The van der Waals surface area contributed by atoms with Crippen LogP contribution in [-0.4, -0.2) is 35.8 Å². The van der Waals surface area contributed by atoms with Crippen LogP contribution in [0.1, 0.15) is 12.5 Å². The number of nitrogens with one attached hydrogen (secondary N) is 2. The number of hydrogen-bond acceptors (Lipinski definition) is 6. The fraction of sp³-hybridized carbons (Fsp3) is 0.333. The summed E-state index contributed by atoms with van der Waals surface area (Å²) in [6, 6.07) is 7.91. The lowest BCUT2D eigenvalue weighted by atomic mass is 10.0. The molecule has 1 aromatic rings. The number of nitrogens with zero attached hydrogens (tertiary/aromatic N) is 2. The molecule has 1 rings (SSSR count). The van der Waals surface area contributed by atoms with E-state index in [0.29, 0.717) is 5.56 Å². The fourth-order valence-corrected chi connectivity index (χ4v) is 1.71. The van der Waals surface area contributed by atoms with Gasteiger partial charge >= 0.3 is 6.09 Å². The number of benzene rings is 1. The Morgan fingerprint density at radius 1 is 1.26 bits per heavy atom. The molecule has 0 saturated carbocycles. The Morgan fingerprint density at radius 2 is 1.91 bits per heavy atom. The number of carbonyl (C=O) groups is 2. The summed E-state index contributed by atoms with van der Waals surface area (Å²) in [5.41, 5.74) is 0.688. The van der Waals surface area contributed by atoms with Crippen molar-refractivity contribution in [3.8, 4) is 17.9 Å². The van der Waals surface area contributed by atoms with Gasteiger partial charge in [0, 0.05) is 6.42 Å². The van der Waals surface area contributed by atoms with Gasteiger partial charge in [0.05, 0.1) is 6.07 Å². The average molecular weight is 316 g/mol. The van der Waals surface area contributed by atoms with Crippen LogP contribution in [0.2, 0.25) is 0 Å². The molecule has 2 amide bonds. The third-order valence-electron chi connectivity index (χ3n) is 2.80. The summed E-state index contributed by atoms with van der Waals surface area (Å²) in [5.74, 6) is -0.477. The van der Waals surface area contributed by atoms with Crippen LogP contribution in [0.3, 0.4) is 0 Å². The molecule has 0 radical (unpaired) electrons. The first-order valence-electron chi connectivity index (χ1n) is 6.74. The van der Waals surface area contributed by atoms with Gasteiger partial charge in [-0.2, -0.15) is 10.5 Å². The number of aromatic hydroxyl groups is 1. The summed E-state index contributed by atoms with van der Waals surface area (Å²) in [6.45, 7) is 1.07. The molecule has 0 heterocycles. The van der Waals surface area contributed by atoms with Crippen LogP contribution < -0.4 is 10.6 Å². The summed E-state index contributed by atoms with van der Waals surface area (Å²) >= 11 is 0. The molecule has 0 fully saturated rings. The summed E-state index contributed by atoms with van der Waals surface area (Å²) in [4.78, 5) is 23.7. The van der Waals surface area contributed by atoms with Crippen LogP contribution in [0.25, 0.3) is 0 Å². The number of amides is 2. The molecule has 2 unspecified atom stereocenters. The van der Waals surface area contributed by atoms with Gasteiger partial charge in [-0.15, -0.1) is 0 Å². The molecule has 0 bridgehead atoms. The van der Waals surface area contributed by atoms with Crippen molar-refractivity contribution in [2.75, 3.05) is 6.61 Å². The maximum absolute atomic E-state index is 12.1. The van der Waals surface area contributed by atoms with E-state index in [1.807, 2.05) is 6.07 Å². The maximum atomic E-state index is 12.1. The molecule has 120 valence electrons. The smallest absolute Gasteiger partial charge is 0.408 e. The summed E-state index contributed by atoms with van der Waals surface area (Å²) < 4.78 is 4.56. The van der Waals surface area contributed by atoms with Crippen molar-refractivity contribution >= 4 is 12.0 Å². The summed E-state index contributed by atoms with van der Waals surface area (Å²) in [6.07, 6.45) is -0.776. The van der Waals surface area contributed by atoms with Crippen LogP contribution in [0.4, 0.5) is 4.79 Å². The van der Waals surface area contributed by atoms with E-state index in [1.165, 1.54) is 19.1 Å². The van der Waals surface area contributed by atoms with Crippen molar-refractivity contribution in [1.29, 1.82) is 10.5 Å². The molecule has 0 saturated heterocycles. The molecular weight excluding hydrogens is 300 g/mol. The number of nitriles is 2. The van der Waals surface area contributed by atoms with Crippen molar-refractivity contribution < 1.29 is 19.4 Å². The molecule has 8 nitrogen and oxygen atoms in total. The second-order valence-corrected chi connectivity index (χ2v) is 4.66. The van der Waals surface area contributed by atoms with E-state index in [2.05, 4.69) is 15.4 Å². The molecule has 0 aliphatic carbocycles. The molecule has 0 spiro atoms. The maximum Gasteiger partial charge on any atom is 0.408 e. The van der Waals surface area contributed by atoms with Gasteiger partial charge in [0.15, 0.2) is 6.61 Å². The molecule has 3 N–H and O–H groups in total. The largest absolute Gasteiger partial charge is 0.508 e. The van der Waals surface area contributed by atoms with Gasteiger partial charge in [-0.3, -0.25) is 4.79 Å². The Balaban J connectivity index is 2.80. The van der Waals surface area contributed by atoms with Crippen molar-refractivity contribution in [3.63, 3.8) is 0 Å². The molecule has 0 aromatic heterocycles. The van der Waals surface area contributed by atoms with Gasteiger partial charge in [0.1, 0.15) is 23.9 Å². The Labute approximate surface area is 133 Å². The van der Waals surface area contributed by atoms with Gasteiger partial charge in [-0.1, -0.05) is 12.1 Å². The van der Waals surface area contributed by atoms with Gasteiger partial charge in [-0.25, -0.2) is 4.79 Å². The lowest BCUT2D eigenvalue weighted by Crippen LogP contribution is -2.50. The van der Waals surface area contributed by atoms with E-state index in [9.17, 15) is 14.7 Å². The molecule has 2 atom stereocenters. The first kappa shape index (κ1) is 17.8. The van der Waals surface area contributed by atoms with Crippen molar-refractivity contribution in [3.05, 3.63) is 29.8 Å². The predicted octanol–water partition coefficient (Wildman–Crippen LogP) is 0.581. The van der Waals surface area contributed by atoms with E-state index in [1.54, 1.807) is 18.2 Å². The Morgan fingerprint density at radius 3 is 2.48 bits per heavy atom. The highest BCUT2D eigenvalue weighted by Crippen LogP contribution is 2.11. The SMILES string of the molecule is CC(C#N)NC(=O)C(Cc1ccc(O)cc1)NC(=O)OCC#N. The van der Waals surface area contributed by atoms with Crippen LogP contribution in [0.15, 0.2) is 24.3 Å². The van der Waals surface area contributed by atoms with Crippen LogP contribution >= 0.6 is 0 Å². The average Bonchev–Trinajstić information content (AvgIpc) is 2.54. The Hall–Kier alpha value is -3.26. The zero-order chi connectivity index (χ0) is 17.2. The monoisotopic (exact) mass is 316 g/mol. The van der Waals surface area contributed by atoms with E-state index < -0.39 is 30.7 Å². The number of phenolic OH excluding ortho intramolecular Hbond substituents is 1. The minimum Gasteiger partial charge on any atom is -0.508 e. The second kappa shape index (κ2) is 8.90. The number of hydrogen-bond donors (Lipinski definition) is 3. The van der Waals surface area contributed by atoms with Gasteiger partial charge in [0.2, 0.25) is 5.91 Å². The van der Waals surface area contributed by atoms with Gasteiger partial charge in [-0.05, 0) is 24.6 Å². The number of ether oxygens (including phenoxy) is 1. The lowest BCUT2D eigenvalue weighted by Gasteiger charge is -2.19. The third kappa shape index (κ3) is 6.36. The highest BCUT2D eigenvalue weighted by atomic mass is 16.5. The second-order valence-electron chi connectivity index (χ2n) is 4.66. The fourth-order valence-electron chi connectivity index (χ4n) is 1.71. The van der Waals surface area contributed by atoms with Crippen LogP contribution in [0, 0.1) is 22.7 Å².